The van der Waals surface area contributed by atoms with Crippen LogP contribution < -0.4 is 4.74 Å². The first-order valence-electron chi connectivity index (χ1n) is 11.9. The third-order valence-corrected chi connectivity index (χ3v) is 9.45. The highest BCUT2D eigenvalue weighted by Crippen LogP contribution is 2.65. The van der Waals surface area contributed by atoms with Gasteiger partial charge < -0.3 is 9.47 Å². The van der Waals surface area contributed by atoms with Crippen LogP contribution >= 0.6 is 0 Å². The van der Waals surface area contributed by atoms with E-state index in [1.165, 1.54) is 18.4 Å². The molecule has 0 spiro atoms. The van der Waals surface area contributed by atoms with Crippen LogP contribution in [0.5, 0.6) is 5.75 Å². The predicted molar refractivity (Wildman–Crippen MR) is 119 cm³/mol. The summed E-state index contributed by atoms with van der Waals surface area (Å²) in [5.74, 6) is 2.79. The van der Waals surface area contributed by atoms with Crippen molar-refractivity contribution in [2.45, 2.75) is 71.3 Å². The monoisotopic (exact) mass is 422 g/mol. The Morgan fingerprint density at radius 3 is 2.48 bits per heavy atom. The molecular weight excluding hydrogens is 388 g/mol. The van der Waals surface area contributed by atoms with Gasteiger partial charge in [-0.3, -0.25) is 4.79 Å². The Morgan fingerprint density at radius 1 is 0.968 bits per heavy atom. The lowest BCUT2D eigenvalue weighted by Crippen LogP contribution is -2.51. The van der Waals surface area contributed by atoms with Crippen LogP contribution in [0.2, 0.25) is 0 Å². The highest BCUT2D eigenvalue weighted by molar-refractivity contribution is 5.91. The molecule has 0 N–H and O–H groups in total. The van der Waals surface area contributed by atoms with Crippen LogP contribution in [0.1, 0.15) is 75.6 Å². The van der Waals surface area contributed by atoms with E-state index in [4.69, 9.17) is 9.47 Å². The molecule has 5 rings (SSSR count). The number of esters is 1. The molecule has 6 atom stereocenters. The maximum absolute atomic E-state index is 12.9. The molecule has 0 bridgehead atoms. The standard InChI is InChI=1S/C27H34O4/c1-26-14-12-19(28)16-18(26)6-9-21-22-10-11-24(27(22,2)15-13-23(21)26)31-25(29)17-4-7-20(30-3)8-5-17/h4-5,7-8,16,21-24H,6,9-15H2,1-3H3/t21-,22-,23+,24?,26-,27-/m0/s1. The second-order valence-electron chi connectivity index (χ2n) is 10.7. The molecule has 166 valence electrons. The van der Waals surface area contributed by atoms with Gasteiger partial charge in [0.1, 0.15) is 11.9 Å². The minimum atomic E-state index is -0.219. The summed E-state index contributed by atoms with van der Waals surface area (Å²) >= 11 is 0. The quantitative estimate of drug-likeness (QED) is 0.582. The lowest BCUT2D eigenvalue weighted by Gasteiger charge is -2.57. The highest BCUT2D eigenvalue weighted by Gasteiger charge is 2.60. The number of hydrogen-bond acceptors (Lipinski definition) is 4. The first-order valence-corrected chi connectivity index (χ1v) is 11.9. The summed E-state index contributed by atoms with van der Waals surface area (Å²) in [6.07, 6.45) is 10.3. The van der Waals surface area contributed by atoms with Crippen LogP contribution in [-0.2, 0) is 9.53 Å². The van der Waals surface area contributed by atoms with Crippen molar-refractivity contribution in [2.75, 3.05) is 7.11 Å². The van der Waals surface area contributed by atoms with E-state index in [0.717, 1.165) is 37.9 Å². The summed E-state index contributed by atoms with van der Waals surface area (Å²) in [5.41, 5.74) is 2.25. The maximum atomic E-state index is 12.9. The number of hydrogen-bond donors (Lipinski definition) is 0. The Kier molecular flexibility index (Phi) is 5.02. The second-order valence-corrected chi connectivity index (χ2v) is 10.7. The molecule has 1 aromatic rings. The van der Waals surface area contributed by atoms with Gasteiger partial charge in [0.05, 0.1) is 12.7 Å². The van der Waals surface area contributed by atoms with E-state index in [1.807, 2.05) is 18.2 Å². The van der Waals surface area contributed by atoms with Gasteiger partial charge in [-0.15, -0.1) is 0 Å². The molecule has 31 heavy (non-hydrogen) atoms. The maximum Gasteiger partial charge on any atom is 0.338 e. The van der Waals surface area contributed by atoms with E-state index in [9.17, 15) is 9.59 Å². The number of methoxy groups -OCH3 is 1. The van der Waals surface area contributed by atoms with E-state index in [2.05, 4.69) is 13.8 Å². The lowest BCUT2D eigenvalue weighted by atomic mass is 9.47. The van der Waals surface area contributed by atoms with E-state index >= 15 is 0 Å². The summed E-state index contributed by atoms with van der Waals surface area (Å²) in [5, 5.41) is 0. The number of carbonyl (C=O) groups is 2. The van der Waals surface area contributed by atoms with Crippen LogP contribution in [0.15, 0.2) is 35.9 Å². The largest absolute Gasteiger partial charge is 0.497 e. The van der Waals surface area contributed by atoms with Crippen LogP contribution in [-0.4, -0.2) is 25.0 Å². The molecular formula is C27H34O4. The lowest BCUT2D eigenvalue weighted by molar-refractivity contribution is -0.118. The fraction of sp³-hybridized carbons (Fsp3) is 0.630. The fourth-order valence-electron chi connectivity index (χ4n) is 7.63. The van der Waals surface area contributed by atoms with Crippen molar-refractivity contribution in [1.29, 1.82) is 0 Å². The average Bonchev–Trinajstić information content (AvgIpc) is 3.10. The first kappa shape index (κ1) is 20.8. The molecule has 4 heteroatoms. The summed E-state index contributed by atoms with van der Waals surface area (Å²) < 4.78 is 11.3. The van der Waals surface area contributed by atoms with Gasteiger partial charge in [-0.05, 0) is 98.5 Å². The van der Waals surface area contributed by atoms with Gasteiger partial charge in [-0.2, -0.15) is 0 Å². The Morgan fingerprint density at radius 2 is 1.74 bits per heavy atom. The zero-order valence-electron chi connectivity index (χ0n) is 19.0. The normalized spacial score (nSPS) is 39.1. The zero-order chi connectivity index (χ0) is 21.8. The molecule has 3 saturated carbocycles. The molecule has 0 amide bonds. The predicted octanol–water partition coefficient (Wildman–Crippen LogP) is 5.75. The number of ether oxygens (including phenoxy) is 2. The van der Waals surface area contributed by atoms with E-state index < -0.39 is 0 Å². The van der Waals surface area contributed by atoms with Gasteiger partial charge in [-0.1, -0.05) is 19.4 Å². The number of fused-ring (bicyclic) bond motifs is 5. The summed E-state index contributed by atoms with van der Waals surface area (Å²) in [7, 11) is 1.62. The molecule has 1 unspecified atom stereocenters. The van der Waals surface area contributed by atoms with E-state index in [0.29, 0.717) is 35.5 Å². The van der Waals surface area contributed by atoms with Crippen molar-refractivity contribution in [3.05, 3.63) is 41.5 Å². The van der Waals surface area contributed by atoms with Crippen molar-refractivity contribution in [3.63, 3.8) is 0 Å². The molecule has 3 fully saturated rings. The number of allylic oxidation sites excluding steroid dienone is 1. The minimum absolute atomic E-state index is 0.00858. The number of benzene rings is 1. The molecule has 1 aromatic carbocycles. The van der Waals surface area contributed by atoms with E-state index in [-0.39, 0.29) is 22.9 Å². The molecule has 0 aliphatic heterocycles. The molecule has 4 aliphatic rings. The Labute approximate surface area is 185 Å². The third-order valence-electron chi connectivity index (χ3n) is 9.45. The number of carbonyl (C=O) groups excluding carboxylic acids is 2. The molecule has 0 saturated heterocycles. The average molecular weight is 423 g/mol. The van der Waals surface area contributed by atoms with Gasteiger partial charge in [-0.25, -0.2) is 4.79 Å². The van der Waals surface area contributed by atoms with Crippen LogP contribution in [0.3, 0.4) is 0 Å². The molecule has 0 radical (unpaired) electrons. The summed E-state index contributed by atoms with van der Waals surface area (Å²) in [6.45, 7) is 4.78. The SMILES string of the molecule is COc1ccc(C(=O)OC2CC[C@H]3[C@@H]4CCC5=CC(=O)CC[C@]5(C)[C@@H]4CC[C@]23C)cc1. The summed E-state index contributed by atoms with van der Waals surface area (Å²) in [6, 6.07) is 7.19. The van der Waals surface area contributed by atoms with E-state index in [1.54, 1.807) is 19.2 Å². The van der Waals surface area contributed by atoms with Gasteiger partial charge in [0.15, 0.2) is 5.78 Å². The summed E-state index contributed by atoms with van der Waals surface area (Å²) in [4.78, 5) is 24.9. The van der Waals surface area contributed by atoms with Crippen LogP contribution in [0, 0.1) is 28.6 Å². The van der Waals surface area contributed by atoms with Crippen molar-refractivity contribution < 1.29 is 19.1 Å². The molecule has 4 nitrogen and oxygen atoms in total. The first-order chi connectivity index (χ1) is 14.8. The van der Waals surface area contributed by atoms with Crippen molar-refractivity contribution >= 4 is 11.8 Å². The topological polar surface area (TPSA) is 52.6 Å². The number of rotatable bonds is 3. The van der Waals surface area contributed by atoms with Gasteiger partial charge >= 0.3 is 5.97 Å². The van der Waals surface area contributed by atoms with Gasteiger partial charge in [0.2, 0.25) is 0 Å². The van der Waals surface area contributed by atoms with Crippen molar-refractivity contribution in [1.82, 2.24) is 0 Å². The van der Waals surface area contributed by atoms with Gasteiger partial charge in [0, 0.05) is 11.8 Å². The van der Waals surface area contributed by atoms with Crippen LogP contribution in [0.4, 0.5) is 0 Å². The highest BCUT2D eigenvalue weighted by atomic mass is 16.5. The molecule has 0 aromatic heterocycles. The Balaban J connectivity index is 1.33. The fourth-order valence-corrected chi connectivity index (χ4v) is 7.63. The molecule has 0 heterocycles. The third kappa shape index (κ3) is 3.25. The smallest absolute Gasteiger partial charge is 0.338 e. The van der Waals surface area contributed by atoms with Gasteiger partial charge in [0.25, 0.3) is 0 Å². The molecule has 4 aliphatic carbocycles. The number of ketones is 1. The Bertz CT molecular complexity index is 916. The second kappa shape index (κ2) is 7.50. The minimum Gasteiger partial charge on any atom is -0.497 e. The Hall–Kier alpha value is -2.10. The van der Waals surface area contributed by atoms with Crippen molar-refractivity contribution in [3.8, 4) is 5.75 Å². The zero-order valence-corrected chi connectivity index (χ0v) is 19.0. The van der Waals surface area contributed by atoms with Crippen molar-refractivity contribution in [2.24, 2.45) is 28.6 Å². The van der Waals surface area contributed by atoms with Crippen LogP contribution in [0.25, 0.3) is 0 Å².